The van der Waals surface area contributed by atoms with Crippen LogP contribution in [0.4, 0.5) is 0 Å². The second kappa shape index (κ2) is 5.30. The number of amides is 1. The summed E-state index contributed by atoms with van der Waals surface area (Å²) in [6, 6.07) is 2.81. The summed E-state index contributed by atoms with van der Waals surface area (Å²) in [5.41, 5.74) is 0.149. The fourth-order valence-corrected chi connectivity index (χ4v) is 2.34. The highest BCUT2D eigenvalue weighted by atomic mass is 16.3. The zero-order valence-corrected chi connectivity index (χ0v) is 11.0. The van der Waals surface area contributed by atoms with Gasteiger partial charge in [0.25, 0.3) is 5.91 Å². The number of hydrogen-bond donors (Lipinski definition) is 1. The molecule has 0 aromatic carbocycles. The summed E-state index contributed by atoms with van der Waals surface area (Å²) >= 11 is 0. The molecule has 102 valence electrons. The Bertz CT molecular complexity index is 516. The lowest BCUT2D eigenvalue weighted by Gasteiger charge is -2.24. The molecule has 0 radical (unpaired) electrons. The van der Waals surface area contributed by atoms with Crippen LogP contribution in [0.3, 0.4) is 0 Å². The van der Waals surface area contributed by atoms with Crippen molar-refractivity contribution in [1.82, 2.24) is 4.90 Å². The van der Waals surface area contributed by atoms with Crippen LogP contribution >= 0.6 is 0 Å². The first-order chi connectivity index (χ1) is 9.11. The van der Waals surface area contributed by atoms with Crippen LogP contribution < -0.4 is 0 Å². The van der Waals surface area contributed by atoms with Gasteiger partial charge >= 0.3 is 0 Å². The summed E-state index contributed by atoms with van der Waals surface area (Å²) in [5, 5.41) is 9.95. The van der Waals surface area contributed by atoms with Crippen molar-refractivity contribution in [1.29, 1.82) is 0 Å². The van der Waals surface area contributed by atoms with E-state index in [1.165, 1.54) is 11.2 Å². The Balaban J connectivity index is 2.48. The zero-order valence-electron chi connectivity index (χ0n) is 11.0. The van der Waals surface area contributed by atoms with Crippen molar-refractivity contribution in [3.05, 3.63) is 35.5 Å². The molecule has 1 aromatic heterocycles. The van der Waals surface area contributed by atoms with Crippen LogP contribution in [0.1, 0.15) is 38.5 Å². The molecular weight excluding hydrogens is 246 g/mol. The molecule has 19 heavy (non-hydrogen) atoms. The Hall–Kier alpha value is -2.04. The number of Topliss-reactive ketones (excluding diaryl/α,β-unsaturated/α-hetero) is 1. The predicted octanol–water partition coefficient (Wildman–Crippen LogP) is 2.36. The molecule has 0 bridgehead atoms. The fourth-order valence-electron chi connectivity index (χ4n) is 2.34. The molecule has 5 nitrogen and oxygen atoms in total. The maximum atomic E-state index is 12.1. The maximum Gasteiger partial charge on any atom is 0.290 e. The molecule has 1 unspecified atom stereocenters. The van der Waals surface area contributed by atoms with Gasteiger partial charge in [-0.25, -0.2) is 0 Å². The highest BCUT2D eigenvalue weighted by Gasteiger charge is 2.43. The number of aliphatic hydroxyl groups excluding tert-OH is 1. The molecule has 1 aliphatic rings. The van der Waals surface area contributed by atoms with Gasteiger partial charge < -0.3 is 14.4 Å². The highest BCUT2D eigenvalue weighted by Crippen LogP contribution is 2.38. The molecule has 0 aliphatic carbocycles. The second-order valence-corrected chi connectivity index (χ2v) is 4.46. The van der Waals surface area contributed by atoms with Gasteiger partial charge in [-0.3, -0.25) is 9.59 Å². The number of nitrogens with zero attached hydrogens (tertiary/aromatic N) is 1. The molecule has 1 aliphatic heterocycles. The minimum Gasteiger partial charge on any atom is -0.503 e. The molecule has 2 heterocycles. The van der Waals surface area contributed by atoms with E-state index in [1.54, 1.807) is 19.1 Å². The van der Waals surface area contributed by atoms with E-state index in [1.807, 2.05) is 6.92 Å². The van der Waals surface area contributed by atoms with Crippen LogP contribution in [0, 0.1) is 0 Å². The molecule has 1 amide bonds. The van der Waals surface area contributed by atoms with Crippen molar-refractivity contribution < 1.29 is 19.1 Å². The molecular formula is C14H17NO4. The van der Waals surface area contributed by atoms with E-state index in [-0.39, 0.29) is 17.8 Å². The number of aliphatic hydroxyl groups is 1. The summed E-state index contributed by atoms with van der Waals surface area (Å²) < 4.78 is 5.32. The third-order valence-electron chi connectivity index (χ3n) is 3.20. The Morgan fingerprint density at radius 2 is 2.21 bits per heavy atom. The lowest BCUT2D eigenvalue weighted by atomic mass is 10.00. The fraction of sp³-hybridized carbons (Fsp3) is 0.429. The van der Waals surface area contributed by atoms with Crippen molar-refractivity contribution in [2.75, 3.05) is 6.54 Å². The first-order valence-electron chi connectivity index (χ1n) is 6.42. The summed E-state index contributed by atoms with van der Waals surface area (Å²) in [5.74, 6) is -0.671. The predicted molar refractivity (Wildman–Crippen MR) is 68.4 cm³/mol. The normalized spacial score (nSPS) is 19.4. The van der Waals surface area contributed by atoms with E-state index in [0.717, 1.165) is 6.42 Å². The van der Waals surface area contributed by atoms with Gasteiger partial charge in [0, 0.05) is 13.0 Å². The molecule has 2 rings (SSSR count). The third-order valence-corrected chi connectivity index (χ3v) is 3.20. The van der Waals surface area contributed by atoms with Crippen LogP contribution in [-0.2, 0) is 9.59 Å². The summed E-state index contributed by atoms with van der Waals surface area (Å²) in [4.78, 5) is 25.5. The molecule has 0 saturated carbocycles. The van der Waals surface area contributed by atoms with Crippen LogP contribution in [0.5, 0.6) is 0 Å². The van der Waals surface area contributed by atoms with Gasteiger partial charge in [0.15, 0.2) is 11.5 Å². The first kappa shape index (κ1) is 13.4. The number of carbonyl (C=O) groups is 2. The molecule has 1 atom stereocenters. The van der Waals surface area contributed by atoms with Crippen LogP contribution in [-0.4, -0.2) is 28.2 Å². The number of hydrogen-bond acceptors (Lipinski definition) is 4. The number of furan rings is 1. The number of carbonyl (C=O) groups excluding carboxylic acids is 2. The van der Waals surface area contributed by atoms with E-state index in [2.05, 4.69) is 0 Å². The minimum atomic E-state index is -0.602. The van der Waals surface area contributed by atoms with Gasteiger partial charge in [-0.15, -0.1) is 0 Å². The molecule has 1 N–H and O–H groups in total. The highest BCUT2D eigenvalue weighted by molar-refractivity contribution is 6.08. The Morgan fingerprint density at radius 3 is 2.74 bits per heavy atom. The topological polar surface area (TPSA) is 70.8 Å². The van der Waals surface area contributed by atoms with Gasteiger partial charge in [-0.1, -0.05) is 13.8 Å². The monoisotopic (exact) mass is 263 g/mol. The summed E-state index contributed by atoms with van der Waals surface area (Å²) in [6.07, 6.45) is 2.47. The average Bonchev–Trinajstić information content (AvgIpc) is 3.00. The average molecular weight is 263 g/mol. The first-order valence-corrected chi connectivity index (χ1v) is 6.42. The maximum absolute atomic E-state index is 12.1. The van der Waals surface area contributed by atoms with E-state index in [0.29, 0.717) is 12.3 Å². The van der Waals surface area contributed by atoms with Crippen molar-refractivity contribution in [2.45, 2.75) is 32.7 Å². The lowest BCUT2D eigenvalue weighted by Crippen LogP contribution is -2.31. The Labute approximate surface area is 111 Å². The minimum absolute atomic E-state index is 0.149. The van der Waals surface area contributed by atoms with Crippen molar-refractivity contribution in [3.8, 4) is 0 Å². The Morgan fingerprint density at radius 1 is 1.47 bits per heavy atom. The van der Waals surface area contributed by atoms with Gasteiger partial charge in [0.1, 0.15) is 11.8 Å². The van der Waals surface area contributed by atoms with Gasteiger partial charge in [0.2, 0.25) is 0 Å². The smallest absolute Gasteiger partial charge is 0.290 e. The van der Waals surface area contributed by atoms with Gasteiger partial charge in [-0.05, 0) is 18.6 Å². The molecule has 0 saturated heterocycles. The largest absolute Gasteiger partial charge is 0.503 e. The van der Waals surface area contributed by atoms with Gasteiger partial charge in [-0.2, -0.15) is 0 Å². The molecule has 0 spiro atoms. The molecule has 5 heteroatoms. The SMILES string of the molecule is CCCN1C(=O)C(O)=C(C(=O)CC)C1c1ccco1. The van der Waals surface area contributed by atoms with E-state index < -0.39 is 17.7 Å². The van der Waals surface area contributed by atoms with Crippen molar-refractivity contribution in [2.24, 2.45) is 0 Å². The van der Waals surface area contributed by atoms with Crippen molar-refractivity contribution >= 4 is 11.7 Å². The quantitative estimate of drug-likeness (QED) is 0.885. The van der Waals surface area contributed by atoms with E-state index in [9.17, 15) is 14.7 Å². The number of rotatable bonds is 5. The standard InChI is InChI=1S/C14H17NO4/c1-3-7-15-12(10-6-5-8-19-10)11(9(16)4-2)13(17)14(15)18/h5-6,8,12,17H,3-4,7H2,1-2H3. The second-order valence-electron chi connectivity index (χ2n) is 4.46. The van der Waals surface area contributed by atoms with Crippen LogP contribution in [0.15, 0.2) is 34.1 Å². The molecule has 0 fully saturated rings. The Kier molecular flexibility index (Phi) is 3.74. The lowest BCUT2D eigenvalue weighted by molar-refractivity contribution is -0.129. The zero-order chi connectivity index (χ0) is 14.0. The molecule has 1 aromatic rings. The van der Waals surface area contributed by atoms with Crippen LogP contribution in [0.25, 0.3) is 0 Å². The van der Waals surface area contributed by atoms with E-state index >= 15 is 0 Å². The third kappa shape index (κ3) is 2.16. The number of ketones is 1. The van der Waals surface area contributed by atoms with Gasteiger partial charge in [0.05, 0.1) is 11.8 Å². The summed E-state index contributed by atoms with van der Waals surface area (Å²) in [7, 11) is 0. The van der Waals surface area contributed by atoms with Crippen LogP contribution in [0.2, 0.25) is 0 Å². The van der Waals surface area contributed by atoms with Crippen molar-refractivity contribution in [3.63, 3.8) is 0 Å². The van der Waals surface area contributed by atoms with E-state index in [4.69, 9.17) is 4.42 Å². The summed E-state index contributed by atoms with van der Waals surface area (Å²) in [6.45, 7) is 4.10.